The van der Waals surface area contributed by atoms with Gasteiger partial charge in [-0.2, -0.15) is 0 Å². The molecule has 2 atom stereocenters. The topological polar surface area (TPSA) is 84.9 Å². The van der Waals surface area contributed by atoms with Crippen LogP contribution in [0.1, 0.15) is 36.0 Å². The van der Waals surface area contributed by atoms with Crippen LogP contribution in [0.25, 0.3) is 0 Å². The van der Waals surface area contributed by atoms with Crippen LogP contribution in [0.2, 0.25) is 0 Å². The van der Waals surface area contributed by atoms with Gasteiger partial charge >= 0.3 is 0 Å². The summed E-state index contributed by atoms with van der Waals surface area (Å²) in [4.78, 5) is 39.8. The van der Waals surface area contributed by atoms with Gasteiger partial charge in [0.1, 0.15) is 11.5 Å². The van der Waals surface area contributed by atoms with Gasteiger partial charge in [0.2, 0.25) is 11.8 Å². The van der Waals surface area contributed by atoms with Gasteiger partial charge in [0.15, 0.2) is 0 Å². The molecule has 0 unspecified atom stereocenters. The van der Waals surface area contributed by atoms with Gasteiger partial charge in [0.05, 0.1) is 37.4 Å². The predicted octanol–water partition coefficient (Wildman–Crippen LogP) is 3.64. The van der Waals surface area contributed by atoms with Crippen molar-refractivity contribution in [2.24, 2.45) is 11.8 Å². The van der Waals surface area contributed by atoms with E-state index in [0.717, 1.165) is 25.7 Å². The Labute approximate surface area is 175 Å². The maximum Gasteiger partial charge on any atom is 0.255 e. The second-order valence-electron chi connectivity index (χ2n) is 7.58. The van der Waals surface area contributed by atoms with Gasteiger partial charge in [-0.05, 0) is 43.2 Å². The van der Waals surface area contributed by atoms with Crippen molar-refractivity contribution in [1.82, 2.24) is 0 Å². The lowest BCUT2D eigenvalue weighted by atomic mass is 9.81. The van der Waals surface area contributed by atoms with Crippen LogP contribution in [0.5, 0.6) is 11.5 Å². The number of nitrogens with zero attached hydrogens (tertiary/aromatic N) is 1. The summed E-state index contributed by atoms with van der Waals surface area (Å²) in [5, 5.41) is 2.81. The number of hydrogen-bond donors (Lipinski definition) is 1. The predicted molar refractivity (Wildman–Crippen MR) is 112 cm³/mol. The van der Waals surface area contributed by atoms with E-state index in [4.69, 9.17) is 9.47 Å². The van der Waals surface area contributed by atoms with Gasteiger partial charge in [-0.25, -0.2) is 0 Å². The number of fused-ring (bicyclic) bond motifs is 1. The first-order valence-electron chi connectivity index (χ1n) is 10.0. The molecule has 156 valence electrons. The maximum absolute atomic E-state index is 12.9. The molecule has 0 spiro atoms. The highest BCUT2D eigenvalue weighted by atomic mass is 16.5. The van der Waals surface area contributed by atoms with Gasteiger partial charge in [0, 0.05) is 11.6 Å². The molecule has 1 aliphatic heterocycles. The summed E-state index contributed by atoms with van der Waals surface area (Å²) >= 11 is 0. The monoisotopic (exact) mass is 408 g/mol. The first-order valence-corrected chi connectivity index (χ1v) is 10.0. The fourth-order valence-electron chi connectivity index (χ4n) is 4.31. The summed E-state index contributed by atoms with van der Waals surface area (Å²) in [5.41, 5.74) is 1.24. The van der Waals surface area contributed by atoms with Crippen molar-refractivity contribution in [3.63, 3.8) is 0 Å². The minimum absolute atomic E-state index is 0.156. The molecule has 2 fully saturated rings. The number of carbonyl (C=O) groups excluding carboxylic acids is 3. The van der Waals surface area contributed by atoms with Crippen LogP contribution in [0.3, 0.4) is 0 Å². The van der Waals surface area contributed by atoms with Crippen LogP contribution >= 0.6 is 0 Å². The molecule has 0 bridgehead atoms. The summed E-state index contributed by atoms with van der Waals surface area (Å²) in [7, 11) is 3.06. The molecule has 1 saturated heterocycles. The highest BCUT2D eigenvalue weighted by Gasteiger charge is 2.48. The molecular weight excluding hydrogens is 384 g/mol. The van der Waals surface area contributed by atoms with Crippen LogP contribution in [0.15, 0.2) is 42.5 Å². The van der Waals surface area contributed by atoms with Crippen LogP contribution in [0.4, 0.5) is 11.4 Å². The Balaban J connectivity index is 1.59. The number of benzene rings is 2. The number of anilines is 2. The normalized spacial score (nSPS) is 20.7. The number of carbonyl (C=O) groups is 3. The zero-order valence-electron chi connectivity index (χ0n) is 17.0. The van der Waals surface area contributed by atoms with E-state index in [1.165, 1.54) is 12.0 Å². The van der Waals surface area contributed by atoms with Crippen LogP contribution in [-0.4, -0.2) is 31.9 Å². The van der Waals surface area contributed by atoms with E-state index in [-0.39, 0.29) is 29.6 Å². The zero-order valence-corrected chi connectivity index (χ0v) is 17.0. The summed E-state index contributed by atoms with van der Waals surface area (Å²) in [6.07, 6.45) is 3.45. The Morgan fingerprint density at radius 1 is 0.967 bits per heavy atom. The van der Waals surface area contributed by atoms with Crippen LogP contribution in [0, 0.1) is 11.8 Å². The lowest BCUT2D eigenvalue weighted by Crippen LogP contribution is -2.31. The molecule has 4 rings (SSSR count). The van der Waals surface area contributed by atoms with Crippen molar-refractivity contribution >= 4 is 29.1 Å². The first-order chi connectivity index (χ1) is 14.5. The third-order valence-electron chi connectivity index (χ3n) is 5.86. The molecule has 2 aromatic carbocycles. The summed E-state index contributed by atoms with van der Waals surface area (Å²) < 4.78 is 10.5. The molecule has 30 heavy (non-hydrogen) atoms. The van der Waals surface area contributed by atoms with E-state index in [0.29, 0.717) is 28.4 Å². The van der Waals surface area contributed by atoms with Gasteiger partial charge in [0.25, 0.3) is 5.91 Å². The van der Waals surface area contributed by atoms with Gasteiger partial charge in [-0.1, -0.05) is 18.9 Å². The van der Waals surface area contributed by atoms with Gasteiger partial charge < -0.3 is 14.8 Å². The molecule has 7 heteroatoms. The van der Waals surface area contributed by atoms with Crippen molar-refractivity contribution in [1.29, 1.82) is 0 Å². The molecule has 1 aliphatic carbocycles. The smallest absolute Gasteiger partial charge is 0.255 e. The molecule has 3 amide bonds. The number of amides is 3. The maximum atomic E-state index is 12.9. The Kier molecular flexibility index (Phi) is 5.44. The highest BCUT2D eigenvalue weighted by Crippen LogP contribution is 2.40. The molecule has 1 N–H and O–H groups in total. The molecule has 2 aliphatic rings. The zero-order chi connectivity index (χ0) is 21.3. The minimum atomic E-state index is -0.375. The van der Waals surface area contributed by atoms with E-state index in [1.54, 1.807) is 49.6 Å². The third-order valence-corrected chi connectivity index (χ3v) is 5.86. The fourth-order valence-corrected chi connectivity index (χ4v) is 4.31. The molecule has 2 aromatic rings. The second kappa shape index (κ2) is 8.18. The van der Waals surface area contributed by atoms with E-state index >= 15 is 0 Å². The summed E-state index contributed by atoms with van der Waals surface area (Å²) in [5.74, 6) is -0.0760. The average molecular weight is 408 g/mol. The lowest BCUT2D eigenvalue weighted by molar-refractivity contribution is -0.122. The third kappa shape index (κ3) is 3.51. The fraction of sp³-hybridized carbons (Fsp3) is 0.348. The minimum Gasteiger partial charge on any atom is -0.497 e. The van der Waals surface area contributed by atoms with Crippen molar-refractivity contribution in [3.05, 3.63) is 48.0 Å². The van der Waals surface area contributed by atoms with E-state index in [2.05, 4.69) is 5.32 Å². The molecule has 0 aromatic heterocycles. The Morgan fingerprint density at radius 2 is 1.67 bits per heavy atom. The number of methoxy groups -OCH3 is 2. The SMILES string of the molecule is COc1ccc(OC)c(NC(=O)c2cccc(N3C(=O)[C@H]4CCCC[C@@H]4C3=O)c2)c1. The van der Waals surface area contributed by atoms with Crippen molar-refractivity contribution in [2.45, 2.75) is 25.7 Å². The van der Waals surface area contributed by atoms with E-state index in [1.807, 2.05) is 0 Å². The molecule has 0 radical (unpaired) electrons. The number of ether oxygens (including phenoxy) is 2. The standard InChI is InChI=1S/C23H24N2O5/c1-29-16-10-11-20(30-2)19(13-16)24-21(26)14-6-5-7-15(12-14)25-22(27)17-8-3-4-9-18(17)23(25)28/h5-7,10-13,17-18H,3-4,8-9H2,1-2H3,(H,24,26)/t17-,18-/m0/s1. The van der Waals surface area contributed by atoms with E-state index in [9.17, 15) is 14.4 Å². The van der Waals surface area contributed by atoms with Gasteiger partial charge in [-0.3, -0.25) is 19.3 Å². The molecule has 1 saturated carbocycles. The number of hydrogen-bond acceptors (Lipinski definition) is 5. The number of rotatable bonds is 5. The largest absolute Gasteiger partial charge is 0.497 e. The van der Waals surface area contributed by atoms with Crippen molar-refractivity contribution in [2.75, 3.05) is 24.4 Å². The Morgan fingerprint density at radius 3 is 2.30 bits per heavy atom. The quantitative estimate of drug-likeness (QED) is 0.764. The highest BCUT2D eigenvalue weighted by molar-refractivity contribution is 6.22. The summed E-state index contributed by atoms with van der Waals surface area (Å²) in [6.45, 7) is 0. The first kappa shape index (κ1) is 19.9. The molecular formula is C23H24N2O5. The number of nitrogens with one attached hydrogen (secondary N) is 1. The second-order valence-corrected chi connectivity index (χ2v) is 7.58. The number of imide groups is 1. The van der Waals surface area contributed by atoms with E-state index < -0.39 is 0 Å². The lowest BCUT2D eigenvalue weighted by Gasteiger charge is -2.19. The Bertz CT molecular complexity index is 979. The summed E-state index contributed by atoms with van der Waals surface area (Å²) in [6, 6.07) is 11.7. The average Bonchev–Trinajstić information content (AvgIpc) is 3.04. The van der Waals surface area contributed by atoms with Crippen molar-refractivity contribution < 1.29 is 23.9 Å². The Hall–Kier alpha value is -3.35. The van der Waals surface area contributed by atoms with Crippen LogP contribution < -0.4 is 19.7 Å². The van der Waals surface area contributed by atoms with Crippen LogP contribution in [-0.2, 0) is 9.59 Å². The van der Waals surface area contributed by atoms with Crippen molar-refractivity contribution in [3.8, 4) is 11.5 Å². The molecule has 7 nitrogen and oxygen atoms in total. The molecule has 1 heterocycles. The van der Waals surface area contributed by atoms with Gasteiger partial charge in [-0.15, -0.1) is 0 Å².